The Labute approximate surface area is 139 Å². The molecule has 0 saturated heterocycles. The highest BCUT2D eigenvalue weighted by Gasteiger charge is 2.33. The van der Waals surface area contributed by atoms with E-state index in [0.29, 0.717) is 11.6 Å². The average Bonchev–Trinajstić information content (AvgIpc) is 3.08. The van der Waals surface area contributed by atoms with Crippen LogP contribution in [0.3, 0.4) is 0 Å². The number of hydrogen-bond donors (Lipinski definition) is 0. The lowest BCUT2D eigenvalue weighted by Crippen LogP contribution is -2.25. The standard InChI is InChI=1S/C19H15N3O2/c1-13(23)22-19(17-8-4-5-11-20-17)24-18(21-22)16-10-9-14-6-2-3-7-15(14)12-16/h2-12,19H,1H3. The minimum Gasteiger partial charge on any atom is -0.444 e. The second kappa shape index (κ2) is 5.77. The van der Waals surface area contributed by atoms with Crippen LogP contribution in [-0.2, 0) is 9.53 Å². The molecule has 0 radical (unpaired) electrons. The maximum absolute atomic E-state index is 11.9. The summed E-state index contributed by atoms with van der Waals surface area (Å²) in [5, 5.41) is 7.92. The number of rotatable bonds is 2. The summed E-state index contributed by atoms with van der Waals surface area (Å²) in [5.41, 5.74) is 1.48. The van der Waals surface area contributed by atoms with Gasteiger partial charge < -0.3 is 4.74 Å². The van der Waals surface area contributed by atoms with Crippen LogP contribution in [0.1, 0.15) is 24.4 Å². The molecule has 118 valence electrons. The monoisotopic (exact) mass is 317 g/mol. The molecular formula is C19H15N3O2. The van der Waals surface area contributed by atoms with E-state index in [2.05, 4.69) is 16.2 Å². The second-order valence-electron chi connectivity index (χ2n) is 5.56. The van der Waals surface area contributed by atoms with Crippen LogP contribution >= 0.6 is 0 Å². The van der Waals surface area contributed by atoms with Crippen molar-refractivity contribution in [2.45, 2.75) is 13.2 Å². The quantitative estimate of drug-likeness (QED) is 0.727. The molecule has 5 nitrogen and oxygen atoms in total. The minimum absolute atomic E-state index is 0.193. The predicted octanol–water partition coefficient (Wildman–Crippen LogP) is 3.47. The average molecular weight is 317 g/mol. The van der Waals surface area contributed by atoms with Crippen molar-refractivity contribution in [2.24, 2.45) is 5.10 Å². The van der Waals surface area contributed by atoms with Crippen molar-refractivity contribution in [2.75, 3.05) is 0 Å². The maximum Gasteiger partial charge on any atom is 0.243 e. The molecule has 0 N–H and O–H groups in total. The Hall–Kier alpha value is -3.21. The van der Waals surface area contributed by atoms with E-state index in [1.54, 1.807) is 6.20 Å². The Bertz CT molecular complexity index is 938. The van der Waals surface area contributed by atoms with E-state index >= 15 is 0 Å². The highest BCUT2D eigenvalue weighted by Crippen LogP contribution is 2.29. The van der Waals surface area contributed by atoms with E-state index in [9.17, 15) is 4.79 Å². The number of carbonyl (C=O) groups is 1. The molecule has 0 spiro atoms. The van der Waals surface area contributed by atoms with Gasteiger partial charge in [0, 0.05) is 18.7 Å². The highest BCUT2D eigenvalue weighted by atomic mass is 16.5. The first kappa shape index (κ1) is 14.4. The Morgan fingerprint density at radius 1 is 1.04 bits per heavy atom. The van der Waals surface area contributed by atoms with E-state index in [1.807, 2.05) is 54.6 Å². The van der Waals surface area contributed by atoms with Crippen molar-refractivity contribution in [1.29, 1.82) is 0 Å². The van der Waals surface area contributed by atoms with E-state index in [-0.39, 0.29) is 5.91 Å². The number of carbonyl (C=O) groups excluding carboxylic acids is 1. The van der Waals surface area contributed by atoms with Gasteiger partial charge in [-0.3, -0.25) is 9.78 Å². The van der Waals surface area contributed by atoms with Crippen LogP contribution in [0.2, 0.25) is 0 Å². The van der Waals surface area contributed by atoms with Crippen molar-refractivity contribution in [3.8, 4) is 0 Å². The topological polar surface area (TPSA) is 54.8 Å². The van der Waals surface area contributed by atoms with E-state index in [4.69, 9.17) is 4.74 Å². The highest BCUT2D eigenvalue weighted by molar-refractivity contribution is 6.00. The number of ether oxygens (including phenoxy) is 1. The molecule has 1 aliphatic heterocycles. The van der Waals surface area contributed by atoms with Crippen molar-refractivity contribution < 1.29 is 9.53 Å². The lowest BCUT2D eigenvalue weighted by atomic mass is 10.1. The van der Waals surface area contributed by atoms with Crippen LogP contribution < -0.4 is 0 Å². The van der Waals surface area contributed by atoms with Gasteiger partial charge in [0.2, 0.25) is 18.0 Å². The van der Waals surface area contributed by atoms with Crippen molar-refractivity contribution in [3.05, 3.63) is 78.1 Å². The molecular weight excluding hydrogens is 302 g/mol. The zero-order valence-electron chi connectivity index (χ0n) is 13.1. The van der Waals surface area contributed by atoms with E-state index in [0.717, 1.165) is 16.3 Å². The molecule has 3 aromatic rings. The first-order chi connectivity index (χ1) is 11.7. The number of amides is 1. The third-order valence-corrected chi connectivity index (χ3v) is 3.90. The van der Waals surface area contributed by atoms with Gasteiger partial charge in [0.25, 0.3) is 0 Å². The van der Waals surface area contributed by atoms with Crippen molar-refractivity contribution >= 4 is 22.6 Å². The fraction of sp³-hybridized carbons (Fsp3) is 0.105. The van der Waals surface area contributed by atoms with Crippen LogP contribution in [0.4, 0.5) is 0 Å². The number of hydrogen-bond acceptors (Lipinski definition) is 4. The Morgan fingerprint density at radius 3 is 2.58 bits per heavy atom. The summed E-state index contributed by atoms with van der Waals surface area (Å²) in [5.74, 6) is 0.230. The van der Waals surface area contributed by atoms with Crippen LogP contribution in [0.15, 0.2) is 72.0 Å². The predicted molar refractivity (Wildman–Crippen MR) is 91.1 cm³/mol. The summed E-state index contributed by atoms with van der Waals surface area (Å²) in [6.45, 7) is 1.46. The van der Waals surface area contributed by atoms with Gasteiger partial charge in [-0.25, -0.2) is 0 Å². The zero-order valence-corrected chi connectivity index (χ0v) is 13.1. The number of pyridine rings is 1. The summed E-state index contributed by atoms with van der Waals surface area (Å²) in [6, 6.07) is 19.5. The molecule has 1 aromatic heterocycles. The normalized spacial score (nSPS) is 16.8. The molecule has 1 atom stereocenters. The fourth-order valence-corrected chi connectivity index (χ4v) is 2.72. The summed E-state index contributed by atoms with van der Waals surface area (Å²) < 4.78 is 5.95. The molecule has 5 heteroatoms. The summed E-state index contributed by atoms with van der Waals surface area (Å²) >= 11 is 0. The van der Waals surface area contributed by atoms with Gasteiger partial charge in [0.1, 0.15) is 5.69 Å². The van der Waals surface area contributed by atoms with Gasteiger partial charge in [0.15, 0.2) is 0 Å². The Balaban J connectivity index is 1.72. The van der Waals surface area contributed by atoms with Crippen LogP contribution in [0.25, 0.3) is 10.8 Å². The lowest BCUT2D eigenvalue weighted by Gasteiger charge is -2.18. The van der Waals surface area contributed by atoms with E-state index < -0.39 is 6.23 Å². The molecule has 4 rings (SSSR count). The number of nitrogens with zero attached hydrogens (tertiary/aromatic N) is 3. The van der Waals surface area contributed by atoms with Gasteiger partial charge in [-0.2, -0.15) is 5.01 Å². The molecule has 1 amide bonds. The molecule has 0 saturated carbocycles. The molecule has 0 aliphatic carbocycles. The van der Waals surface area contributed by atoms with Crippen molar-refractivity contribution in [1.82, 2.24) is 9.99 Å². The number of aromatic nitrogens is 1. The minimum atomic E-state index is -0.634. The first-order valence-corrected chi connectivity index (χ1v) is 7.67. The Morgan fingerprint density at radius 2 is 1.83 bits per heavy atom. The fourth-order valence-electron chi connectivity index (χ4n) is 2.72. The molecule has 24 heavy (non-hydrogen) atoms. The summed E-state index contributed by atoms with van der Waals surface area (Å²) in [4.78, 5) is 16.2. The smallest absolute Gasteiger partial charge is 0.243 e. The molecule has 2 heterocycles. The third-order valence-electron chi connectivity index (χ3n) is 3.90. The summed E-state index contributed by atoms with van der Waals surface area (Å²) in [7, 11) is 0. The summed E-state index contributed by atoms with van der Waals surface area (Å²) in [6.07, 6.45) is 1.04. The van der Waals surface area contributed by atoms with Crippen LogP contribution in [-0.4, -0.2) is 21.8 Å². The SMILES string of the molecule is CC(=O)N1N=C(c2ccc3ccccc3c2)OC1c1ccccn1. The molecule has 0 bridgehead atoms. The molecule has 1 unspecified atom stereocenters. The lowest BCUT2D eigenvalue weighted by molar-refractivity contribution is -0.135. The van der Waals surface area contributed by atoms with Gasteiger partial charge >= 0.3 is 0 Å². The van der Waals surface area contributed by atoms with Crippen molar-refractivity contribution in [3.63, 3.8) is 0 Å². The van der Waals surface area contributed by atoms with E-state index in [1.165, 1.54) is 11.9 Å². The van der Waals surface area contributed by atoms with Gasteiger partial charge in [0.05, 0.1) is 0 Å². The Kier molecular flexibility index (Phi) is 3.46. The van der Waals surface area contributed by atoms with Gasteiger partial charge in [-0.15, -0.1) is 5.10 Å². The number of benzene rings is 2. The molecule has 2 aromatic carbocycles. The molecule has 1 aliphatic rings. The number of hydrazone groups is 1. The number of fused-ring (bicyclic) bond motifs is 1. The van der Waals surface area contributed by atoms with Gasteiger partial charge in [-0.1, -0.05) is 36.4 Å². The first-order valence-electron chi connectivity index (χ1n) is 7.67. The largest absolute Gasteiger partial charge is 0.444 e. The maximum atomic E-state index is 11.9. The third kappa shape index (κ3) is 2.50. The zero-order chi connectivity index (χ0) is 16.5. The second-order valence-corrected chi connectivity index (χ2v) is 5.56. The van der Waals surface area contributed by atoms with Gasteiger partial charge in [-0.05, 0) is 35.0 Å². The van der Waals surface area contributed by atoms with Crippen LogP contribution in [0.5, 0.6) is 0 Å². The molecule has 0 fully saturated rings. The van der Waals surface area contributed by atoms with Crippen LogP contribution in [0, 0.1) is 0 Å².